The zero-order chi connectivity index (χ0) is 13.4. The number of halogens is 1. The van der Waals surface area contributed by atoms with E-state index in [-0.39, 0.29) is 0 Å². The van der Waals surface area contributed by atoms with Crippen LogP contribution in [-0.2, 0) is 11.3 Å². The Bertz CT molecular complexity index is 731. The molecule has 0 saturated heterocycles. The van der Waals surface area contributed by atoms with E-state index in [1.165, 1.54) is 0 Å². The van der Waals surface area contributed by atoms with Gasteiger partial charge in [0.1, 0.15) is 5.82 Å². The number of nitrogens with zero attached hydrogens (tertiary/aromatic N) is 4. The summed E-state index contributed by atoms with van der Waals surface area (Å²) >= 11 is 6.10. The SMILES string of the molecule is COCCCn1c2cc(Cl)ccc2n2c(C)nnc12. The number of rotatable bonds is 4. The molecule has 5 nitrogen and oxygen atoms in total. The van der Waals surface area contributed by atoms with Crippen LogP contribution in [0.3, 0.4) is 0 Å². The van der Waals surface area contributed by atoms with E-state index in [1.54, 1.807) is 7.11 Å². The predicted octanol–water partition coefficient (Wildman–Crippen LogP) is 2.68. The first-order chi connectivity index (χ1) is 9.22. The molecule has 3 rings (SSSR count). The standard InChI is InChI=1S/C13H15ClN4O/c1-9-15-16-13-17(6-3-7-19-2)12-8-10(14)4-5-11(12)18(9)13/h4-5,8H,3,6-7H2,1-2H3. The molecule has 1 aromatic carbocycles. The molecule has 2 aromatic heterocycles. The molecular weight excluding hydrogens is 264 g/mol. The van der Waals surface area contributed by atoms with Gasteiger partial charge in [-0.1, -0.05) is 11.6 Å². The number of benzene rings is 1. The minimum atomic E-state index is 0.722. The highest BCUT2D eigenvalue weighted by Gasteiger charge is 2.14. The lowest BCUT2D eigenvalue weighted by Gasteiger charge is -2.04. The third kappa shape index (κ3) is 1.99. The van der Waals surface area contributed by atoms with Crippen LogP contribution in [0.25, 0.3) is 16.8 Å². The third-order valence-electron chi connectivity index (χ3n) is 3.25. The van der Waals surface area contributed by atoms with Crippen LogP contribution >= 0.6 is 11.6 Å². The third-order valence-corrected chi connectivity index (χ3v) is 3.48. The minimum absolute atomic E-state index is 0.722. The fraction of sp³-hybridized carbons (Fsp3) is 0.385. The van der Waals surface area contributed by atoms with E-state index in [0.717, 1.165) is 47.2 Å². The molecule has 0 aliphatic heterocycles. The fourth-order valence-corrected chi connectivity index (χ4v) is 2.57. The van der Waals surface area contributed by atoms with Gasteiger partial charge in [0.25, 0.3) is 0 Å². The first-order valence-corrected chi connectivity index (χ1v) is 6.58. The maximum absolute atomic E-state index is 6.10. The average Bonchev–Trinajstić information content (AvgIpc) is 2.90. The normalized spacial score (nSPS) is 11.7. The molecule has 0 N–H and O–H groups in total. The Morgan fingerprint density at radius 2 is 2.11 bits per heavy atom. The molecule has 3 aromatic rings. The molecule has 0 bridgehead atoms. The summed E-state index contributed by atoms with van der Waals surface area (Å²) in [6, 6.07) is 5.87. The first-order valence-electron chi connectivity index (χ1n) is 6.21. The highest BCUT2D eigenvalue weighted by molar-refractivity contribution is 6.31. The summed E-state index contributed by atoms with van der Waals surface area (Å²) in [7, 11) is 1.71. The number of ether oxygens (including phenoxy) is 1. The number of hydrogen-bond acceptors (Lipinski definition) is 3. The minimum Gasteiger partial charge on any atom is -0.385 e. The zero-order valence-electron chi connectivity index (χ0n) is 10.9. The van der Waals surface area contributed by atoms with Crippen LogP contribution in [0.5, 0.6) is 0 Å². The number of aromatic nitrogens is 4. The summed E-state index contributed by atoms with van der Waals surface area (Å²) in [5, 5.41) is 9.13. The van der Waals surface area contributed by atoms with Crippen molar-refractivity contribution in [3.8, 4) is 0 Å². The van der Waals surface area contributed by atoms with E-state index in [0.29, 0.717) is 0 Å². The Morgan fingerprint density at radius 3 is 2.89 bits per heavy atom. The molecule has 0 atom stereocenters. The van der Waals surface area contributed by atoms with Gasteiger partial charge in [-0.2, -0.15) is 0 Å². The zero-order valence-corrected chi connectivity index (χ0v) is 11.7. The van der Waals surface area contributed by atoms with Gasteiger partial charge in [0, 0.05) is 25.3 Å². The molecule has 19 heavy (non-hydrogen) atoms. The van der Waals surface area contributed by atoms with E-state index >= 15 is 0 Å². The van der Waals surface area contributed by atoms with Crippen molar-refractivity contribution < 1.29 is 4.74 Å². The molecule has 0 spiro atoms. The fourth-order valence-electron chi connectivity index (χ4n) is 2.41. The van der Waals surface area contributed by atoms with E-state index in [1.807, 2.05) is 25.1 Å². The summed E-state index contributed by atoms with van der Waals surface area (Å²) in [5.41, 5.74) is 2.16. The number of fused-ring (bicyclic) bond motifs is 3. The van der Waals surface area contributed by atoms with Gasteiger partial charge in [-0.15, -0.1) is 10.2 Å². The number of aryl methyl sites for hydroxylation is 2. The second kappa shape index (κ2) is 4.83. The highest BCUT2D eigenvalue weighted by atomic mass is 35.5. The average molecular weight is 279 g/mol. The molecule has 0 saturated carbocycles. The lowest BCUT2D eigenvalue weighted by molar-refractivity contribution is 0.191. The van der Waals surface area contributed by atoms with Crippen LogP contribution in [0.2, 0.25) is 5.02 Å². The largest absolute Gasteiger partial charge is 0.385 e. The lowest BCUT2D eigenvalue weighted by atomic mass is 10.3. The van der Waals surface area contributed by atoms with E-state index in [9.17, 15) is 0 Å². The van der Waals surface area contributed by atoms with Crippen LogP contribution in [0.4, 0.5) is 0 Å². The van der Waals surface area contributed by atoms with Gasteiger partial charge < -0.3 is 9.30 Å². The Labute approximate surface area is 115 Å². The van der Waals surface area contributed by atoms with Crippen LogP contribution < -0.4 is 0 Å². The molecule has 0 unspecified atom stereocenters. The molecule has 6 heteroatoms. The highest BCUT2D eigenvalue weighted by Crippen LogP contribution is 2.24. The van der Waals surface area contributed by atoms with Crippen molar-refractivity contribution in [2.75, 3.05) is 13.7 Å². The Hall–Kier alpha value is -1.59. The van der Waals surface area contributed by atoms with Crippen LogP contribution in [-0.4, -0.2) is 32.9 Å². The van der Waals surface area contributed by atoms with Crippen molar-refractivity contribution in [3.63, 3.8) is 0 Å². The topological polar surface area (TPSA) is 44.4 Å². The Morgan fingerprint density at radius 1 is 1.26 bits per heavy atom. The quantitative estimate of drug-likeness (QED) is 0.689. The second-order valence-electron chi connectivity index (χ2n) is 4.51. The van der Waals surface area contributed by atoms with E-state index in [2.05, 4.69) is 19.2 Å². The Balaban J connectivity index is 2.21. The monoisotopic (exact) mass is 278 g/mol. The smallest absolute Gasteiger partial charge is 0.236 e. The van der Waals surface area contributed by atoms with Crippen molar-refractivity contribution in [1.82, 2.24) is 19.2 Å². The molecule has 100 valence electrons. The van der Waals surface area contributed by atoms with E-state index < -0.39 is 0 Å². The molecular formula is C13H15ClN4O. The summed E-state index contributed by atoms with van der Waals surface area (Å²) in [6.07, 6.45) is 0.925. The summed E-state index contributed by atoms with van der Waals surface area (Å²) < 4.78 is 9.30. The molecule has 0 aliphatic carbocycles. The molecule has 2 heterocycles. The van der Waals surface area contributed by atoms with Crippen molar-refractivity contribution >= 4 is 28.4 Å². The molecule has 0 amide bonds. The molecule has 0 radical (unpaired) electrons. The summed E-state index contributed by atoms with van der Waals surface area (Å²) in [5.74, 6) is 1.73. The van der Waals surface area contributed by atoms with Gasteiger partial charge in [0.05, 0.1) is 11.0 Å². The molecule has 0 aliphatic rings. The second-order valence-corrected chi connectivity index (χ2v) is 4.95. The lowest BCUT2D eigenvalue weighted by Crippen LogP contribution is -2.02. The van der Waals surface area contributed by atoms with Crippen molar-refractivity contribution in [2.24, 2.45) is 0 Å². The Kier molecular flexibility index (Phi) is 3.16. The summed E-state index contributed by atoms with van der Waals surface area (Å²) in [6.45, 7) is 3.51. The van der Waals surface area contributed by atoms with Gasteiger partial charge in [0.2, 0.25) is 5.78 Å². The van der Waals surface area contributed by atoms with Gasteiger partial charge in [-0.25, -0.2) is 0 Å². The van der Waals surface area contributed by atoms with Crippen LogP contribution in [0, 0.1) is 6.92 Å². The van der Waals surface area contributed by atoms with Crippen LogP contribution in [0.15, 0.2) is 18.2 Å². The van der Waals surface area contributed by atoms with Crippen molar-refractivity contribution in [3.05, 3.63) is 29.0 Å². The van der Waals surface area contributed by atoms with Crippen molar-refractivity contribution in [1.29, 1.82) is 0 Å². The number of hydrogen-bond donors (Lipinski definition) is 0. The van der Waals surface area contributed by atoms with Gasteiger partial charge in [-0.3, -0.25) is 4.40 Å². The van der Waals surface area contributed by atoms with E-state index in [4.69, 9.17) is 16.3 Å². The van der Waals surface area contributed by atoms with Gasteiger partial charge in [0.15, 0.2) is 0 Å². The first kappa shape index (κ1) is 12.4. The van der Waals surface area contributed by atoms with Crippen LogP contribution in [0.1, 0.15) is 12.2 Å². The maximum Gasteiger partial charge on any atom is 0.236 e. The van der Waals surface area contributed by atoms with Gasteiger partial charge in [-0.05, 0) is 31.5 Å². The predicted molar refractivity (Wildman–Crippen MR) is 74.7 cm³/mol. The number of imidazole rings is 1. The maximum atomic E-state index is 6.10. The summed E-state index contributed by atoms with van der Waals surface area (Å²) in [4.78, 5) is 0. The number of methoxy groups -OCH3 is 1. The molecule has 0 fully saturated rings. The van der Waals surface area contributed by atoms with Crippen molar-refractivity contribution in [2.45, 2.75) is 19.9 Å². The van der Waals surface area contributed by atoms with Gasteiger partial charge >= 0.3 is 0 Å².